The van der Waals surface area contributed by atoms with Crippen molar-refractivity contribution in [3.05, 3.63) is 19.8 Å². The molecule has 0 aliphatic carbocycles. The van der Waals surface area contributed by atoms with Crippen LogP contribution in [0.1, 0.15) is 0 Å². The molecule has 44 valence electrons. The molecule has 0 aliphatic rings. The number of carbonyl (C=O) groups is 1. The van der Waals surface area contributed by atoms with Crippen molar-refractivity contribution >= 4 is 6.16 Å². The number of hydrogen-bond acceptors (Lipinski definition) is 3. The van der Waals surface area contributed by atoms with Crippen molar-refractivity contribution in [2.75, 3.05) is 6.61 Å². The van der Waals surface area contributed by atoms with Crippen molar-refractivity contribution in [3.63, 3.8) is 0 Å². The van der Waals surface area contributed by atoms with E-state index in [4.69, 9.17) is 0 Å². The predicted octanol–water partition coefficient (Wildman–Crippen LogP) is 0.994. The molecule has 0 aromatic rings. The van der Waals surface area contributed by atoms with Gasteiger partial charge in [-0.3, -0.25) is 0 Å². The van der Waals surface area contributed by atoms with Crippen LogP contribution in [0.5, 0.6) is 0 Å². The van der Waals surface area contributed by atoms with Gasteiger partial charge in [-0.15, -0.1) is 0 Å². The fourth-order valence-electron chi connectivity index (χ4n) is 0.161. The molecule has 0 heterocycles. The van der Waals surface area contributed by atoms with Crippen LogP contribution in [-0.2, 0) is 9.47 Å². The number of hydrogen-bond donors (Lipinski definition) is 0. The van der Waals surface area contributed by atoms with E-state index in [2.05, 4.69) is 23.2 Å². The minimum absolute atomic E-state index is 0.121. The second kappa shape index (κ2) is 4.18. The molecule has 8 heavy (non-hydrogen) atoms. The van der Waals surface area contributed by atoms with E-state index in [-0.39, 0.29) is 6.61 Å². The predicted molar refractivity (Wildman–Crippen MR) is 26.9 cm³/mol. The van der Waals surface area contributed by atoms with Crippen LogP contribution in [0.4, 0.5) is 4.79 Å². The Labute approximate surface area is 47.9 Å². The van der Waals surface area contributed by atoms with Gasteiger partial charge >= 0.3 is 6.16 Å². The first kappa shape index (κ1) is 7.01. The molecule has 0 aliphatic heterocycles. The number of ether oxygens (including phenoxy) is 2. The molecule has 0 aromatic heterocycles. The van der Waals surface area contributed by atoms with E-state index in [9.17, 15) is 4.79 Å². The molecule has 0 amide bonds. The van der Waals surface area contributed by atoms with E-state index in [1.165, 1.54) is 6.08 Å². The van der Waals surface area contributed by atoms with Gasteiger partial charge in [0.05, 0.1) is 0 Å². The lowest BCUT2D eigenvalue weighted by atomic mass is 10.7. The molecule has 2 radical (unpaired) electrons. The summed E-state index contributed by atoms with van der Waals surface area (Å²) in [5.41, 5.74) is 0. The molecule has 3 heteroatoms. The van der Waals surface area contributed by atoms with Gasteiger partial charge in [0.25, 0.3) is 0 Å². The van der Waals surface area contributed by atoms with Crippen LogP contribution in [0, 0.1) is 7.11 Å². The molecule has 0 fully saturated rings. The lowest BCUT2D eigenvalue weighted by Gasteiger charge is -1.94. The van der Waals surface area contributed by atoms with Gasteiger partial charge in [-0.1, -0.05) is 12.7 Å². The Morgan fingerprint density at radius 3 is 2.88 bits per heavy atom. The van der Waals surface area contributed by atoms with Gasteiger partial charge in [0, 0.05) is 0 Å². The monoisotopic (exact) mass is 114 g/mol. The molecule has 0 aromatic carbocycles. The van der Waals surface area contributed by atoms with Gasteiger partial charge in [0.2, 0.25) is 0 Å². The Morgan fingerprint density at radius 2 is 2.50 bits per heavy atom. The quantitative estimate of drug-likeness (QED) is 0.396. The minimum Gasteiger partial charge on any atom is -0.430 e. The molecule has 0 spiro atoms. The summed E-state index contributed by atoms with van der Waals surface area (Å²) in [5.74, 6) is 0. The van der Waals surface area contributed by atoms with Crippen LogP contribution in [0.15, 0.2) is 12.7 Å². The summed E-state index contributed by atoms with van der Waals surface area (Å²) in [7, 11) is 4.40. The lowest BCUT2D eigenvalue weighted by molar-refractivity contribution is 0.0926. The molecular formula is C5H6O3. The van der Waals surface area contributed by atoms with Crippen molar-refractivity contribution < 1.29 is 14.3 Å². The fraction of sp³-hybridized carbons (Fsp3) is 0.200. The summed E-state index contributed by atoms with van der Waals surface area (Å²) >= 11 is 0. The highest BCUT2D eigenvalue weighted by molar-refractivity contribution is 5.59. The maximum absolute atomic E-state index is 9.95. The zero-order chi connectivity index (χ0) is 6.41. The van der Waals surface area contributed by atoms with Crippen LogP contribution in [0.3, 0.4) is 0 Å². The molecule has 0 atom stereocenters. The van der Waals surface area contributed by atoms with Crippen molar-refractivity contribution in [2.24, 2.45) is 0 Å². The van der Waals surface area contributed by atoms with Gasteiger partial charge in [-0.25, -0.2) is 4.79 Å². The van der Waals surface area contributed by atoms with E-state index in [1.54, 1.807) is 0 Å². The summed E-state index contributed by atoms with van der Waals surface area (Å²) in [6.45, 7) is 3.41. The third kappa shape index (κ3) is 3.21. The zero-order valence-electron chi connectivity index (χ0n) is 4.29. The van der Waals surface area contributed by atoms with E-state index >= 15 is 0 Å². The third-order valence-corrected chi connectivity index (χ3v) is 0.415. The minimum atomic E-state index is -0.898. The van der Waals surface area contributed by atoms with Crippen LogP contribution in [0.2, 0.25) is 0 Å². The smallest absolute Gasteiger partial charge is 0.430 e. The summed E-state index contributed by atoms with van der Waals surface area (Å²) in [4.78, 5) is 9.95. The standard InChI is InChI=1S/C5H6O3/c1-3-4-8-5(6)7-2/h2-3H,1,4H2. The Balaban J connectivity index is 3.11. The van der Waals surface area contributed by atoms with E-state index < -0.39 is 6.16 Å². The van der Waals surface area contributed by atoms with E-state index in [0.717, 1.165) is 0 Å². The number of rotatable bonds is 2. The zero-order valence-corrected chi connectivity index (χ0v) is 4.29. The SMILES string of the molecule is [CH]OC(=O)OCC=C. The van der Waals surface area contributed by atoms with Crippen LogP contribution >= 0.6 is 0 Å². The molecular weight excluding hydrogens is 108 g/mol. The second-order valence-corrected chi connectivity index (χ2v) is 0.968. The highest BCUT2D eigenvalue weighted by Crippen LogP contribution is 1.81. The topological polar surface area (TPSA) is 35.5 Å². The first-order valence-corrected chi connectivity index (χ1v) is 1.95. The van der Waals surface area contributed by atoms with Crippen LogP contribution < -0.4 is 0 Å². The van der Waals surface area contributed by atoms with Crippen LogP contribution in [-0.4, -0.2) is 12.8 Å². The summed E-state index contributed by atoms with van der Waals surface area (Å²) in [5, 5.41) is 0. The van der Waals surface area contributed by atoms with Crippen LogP contribution in [0.25, 0.3) is 0 Å². The average Bonchev–Trinajstić information content (AvgIpc) is 1.83. The summed E-state index contributed by atoms with van der Waals surface area (Å²) in [6, 6.07) is 0. The molecule has 0 bridgehead atoms. The van der Waals surface area contributed by atoms with Crippen molar-refractivity contribution in [3.8, 4) is 0 Å². The van der Waals surface area contributed by atoms with E-state index in [1.807, 2.05) is 0 Å². The highest BCUT2D eigenvalue weighted by Gasteiger charge is 1.94. The Kier molecular flexibility index (Phi) is 3.66. The highest BCUT2D eigenvalue weighted by atomic mass is 16.7. The Morgan fingerprint density at radius 1 is 1.88 bits per heavy atom. The maximum atomic E-state index is 9.95. The second-order valence-electron chi connectivity index (χ2n) is 0.968. The van der Waals surface area contributed by atoms with E-state index in [0.29, 0.717) is 0 Å². The normalized spacial score (nSPS) is 7.62. The van der Waals surface area contributed by atoms with Crippen molar-refractivity contribution in [1.82, 2.24) is 0 Å². The first-order valence-electron chi connectivity index (χ1n) is 1.95. The number of carbonyl (C=O) groups excluding carboxylic acids is 1. The average molecular weight is 114 g/mol. The molecule has 0 saturated heterocycles. The largest absolute Gasteiger partial charge is 0.509 e. The molecule has 0 saturated carbocycles. The molecule has 3 nitrogen and oxygen atoms in total. The van der Waals surface area contributed by atoms with Gasteiger partial charge < -0.3 is 9.47 Å². The summed E-state index contributed by atoms with van der Waals surface area (Å²) in [6.07, 6.45) is 0.515. The van der Waals surface area contributed by atoms with Gasteiger partial charge in [-0.2, -0.15) is 0 Å². The third-order valence-electron chi connectivity index (χ3n) is 0.415. The maximum Gasteiger partial charge on any atom is 0.509 e. The first-order chi connectivity index (χ1) is 3.81. The Bertz CT molecular complexity index is 87.7. The lowest BCUT2D eigenvalue weighted by Crippen LogP contribution is -2.01. The van der Waals surface area contributed by atoms with Gasteiger partial charge in [0.15, 0.2) is 7.11 Å². The molecule has 0 unspecified atom stereocenters. The molecule has 0 rings (SSSR count). The van der Waals surface area contributed by atoms with Gasteiger partial charge in [0.1, 0.15) is 6.61 Å². The summed E-state index contributed by atoms with van der Waals surface area (Å²) < 4.78 is 7.88. The molecule has 0 N–H and O–H groups in total. The fourth-order valence-corrected chi connectivity index (χ4v) is 0.161. The van der Waals surface area contributed by atoms with Crippen molar-refractivity contribution in [2.45, 2.75) is 0 Å². The Hall–Kier alpha value is -0.990. The van der Waals surface area contributed by atoms with Gasteiger partial charge in [-0.05, 0) is 0 Å². The van der Waals surface area contributed by atoms with Crippen molar-refractivity contribution in [1.29, 1.82) is 0 Å².